The molecule has 0 atom stereocenters. The Kier molecular flexibility index (Phi) is 12.2. The summed E-state index contributed by atoms with van der Waals surface area (Å²) in [5.41, 5.74) is 13.1. The van der Waals surface area contributed by atoms with E-state index >= 15 is 0 Å². The van der Waals surface area contributed by atoms with E-state index < -0.39 is 7.14 Å². The van der Waals surface area contributed by atoms with Crippen LogP contribution >= 0.6 is 7.14 Å². The molecule has 7 rings (SSSR count). The molecule has 0 saturated heterocycles. The van der Waals surface area contributed by atoms with Crippen LogP contribution in [0.15, 0.2) is 140 Å². The molecule has 257 valence electrons. The Morgan fingerprint density at radius 1 is 0.588 bits per heavy atom. The number of rotatable bonds is 6. The first-order valence-corrected chi connectivity index (χ1v) is 18.6. The van der Waals surface area contributed by atoms with Crippen LogP contribution in [-0.2, 0) is 24.7 Å². The number of benzene rings is 6. The van der Waals surface area contributed by atoms with E-state index in [1.54, 1.807) is 0 Å². The van der Waals surface area contributed by atoms with Gasteiger partial charge >= 0.3 is 0 Å². The fourth-order valence-electron chi connectivity index (χ4n) is 6.35. The number of aryl methyl sites for hydroxylation is 6. The summed E-state index contributed by atoms with van der Waals surface area (Å²) in [4.78, 5) is 10.1. The molecule has 7 aromatic rings. The van der Waals surface area contributed by atoms with Crippen molar-refractivity contribution in [3.63, 3.8) is 0 Å². The van der Waals surface area contributed by atoms with Crippen LogP contribution in [0.5, 0.6) is 0 Å². The van der Waals surface area contributed by atoms with Gasteiger partial charge in [-0.2, -0.15) is 30.3 Å². The zero-order chi connectivity index (χ0) is 35.3. The summed E-state index contributed by atoms with van der Waals surface area (Å²) in [5.74, 6) is 0. The molecule has 1 radical (unpaired) electrons. The summed E-state index contributed by atoms with van der Waals surface area (Å²) < 4.78 is 13.8. The van der Waals surface area contributed by atoms with Gasteiger partial charge in [0.1, 0.15) is 7.14 Å². The molecule has 0 saturated carbocycles. The van der Waals surface area contributed by atoms with Gasteiger partial charge in [-0.1, -0.05) is 127 Å². The minimum Gasteiger partial charge on any atom is -0.311 e. The smallest absolute Gasteiger partial charge is 0.147 e. The van der Waals surface area contributed by atoms with Crippen molar-refractivity contribution < 1.29 is 24.7 Å². The Morgan fingerprint density at radius 2 is 1.20 bits per heavy atom. The quantitative estimate of drug-likeness (QED) is 0.124. The molecule has 5 heteroatoms. The van der Waals surface area contributed by atoms with Crippen molar-refractivity contribution in [2.45, 2.75) is 41.5 Å². The molecular formula is C46H41IrN2OP-2. The molecule has 0 amide bonds. The first-order valence-electron chi connectivity index (χ1n) is 16.8. The van der Waals surface area contributed by atoms with Crippen molar-refractivity contribution in [3.8, 4) is 33.8 Å². The van der Waals surface area contributed by atoms with Crippen molar-refractivity contribution >= 4 is 23.1 Å². The van der Waals surface area contributed by atoms with Crippen LogP contribution in [0.4, 0.5) is 0 Å². The molecule has 0 fully saturated rings. The summed E-state index contributed by atoms with van der Waals surface area (Å²) in [6, 6.07) is 50.7. The van der Waals surface area contributed by atoms with E-state index in [1.165, 1.54) is 27.8 Å². The Bertz CT molecular complexity index is 2160. The molecule has 0 bridgehead atoms. The topological polar surface area (TPSA) is 42.9 Å². The maximum atomic E-state index is 13.8. The van der Waals surface area contributed by atoms with Gasteiger partial charge in [0.05, 0.1) is 11.4 Å². The maximum absolute atomic E-state index is 13.8. The van der Waals surface area contributed by atoms with Crippen molar-refractivity contribution in [1.82, 2.24) is 9.97 Å². The minimum absolute atomic E-state index is 0. The Labute approximate surface area is 316 Å². The zero-order valence-electron chi connectivity index (χ0n) is 29.9. The number of nitrogens with zero attached hydrogens (tertiary/aromatic N) is 2. The van der Waals surface area contributed by atoms with Gasteiger partial charge in [0.2, 0.25) is 0 Å². The minimum atomic E-state index is -2.83. The monoisotopic (exact) mass is 861 g/mol. The van der Waals surface area contributed by atoms with Gasteiger partial charge in [0.25, 0.3) is 0 Å². The molecule has 3 nitrogen and oxygen atoms in total. The fourth-order valence-corrected chi connectivity index (χ4v) is 8.94. The third-order valence-corrected chi connectivity index (χ3v) is 11.6. The molecule has 0 unspecified atom stereocenters. The van der Waals surface area contributed by atoms with Crippen LogP contribution in [0.25, 0.3) is 33.8 Å². The molecule has 1 aromatic heterocycles. The summed E-state index contributed by atoms with van der Waals surface area (Å²) in [5, 5.41) is 2.43. The van der Waals surface area contributed by atoms with E-state index in [-0.39, 0.29) is 20.1 Å². The van der Waals surface area contributed by atoms with Crippen LogP contribution in [0.2, 0.25) is 0 Å². The normalized spacial score (nSPS) is 10.9. The first-order chi connectivity index (χ1) is 24.1. The summed E-state index contributed by atoms with van der Waals surface area (Å²) in [6.45, 7) is 12.7. The van der Waals surface area contributed by atoms with Crippen LogP contribution in [-0.4, -0.2) is 9.97 Å². The van der Waals surface area contributed by atoms with Gasteiger partial charge < -0.3 is 9.55 Å². The SMILES string of the molecule is Cc1[c-]c(-c2ncc(-c3cc(C)ccc3C)nc2-c2cc(C)cc(C)c2)cc(C)c1.O=P(c1[c-]cccc1)(c1ccccc1)c1ccccc1.[Ir]. The van der Waals surface area contributed by atoms with Crippen molar-refractivity contribution in [2.24, 2.45) is 0 Å². The second-order valence-corrected chi connectivity index (χ2v) is 15.7. The second kappa shape index (κ2) is 16.5. The van der Waals surface area contributed by atoms with E-state index in [0.717, 1.165) is 55.2 Å². The third kappa shape index (κ3) is 8.60. The molecule has 0 N–H and O–H groups in total. The predicted molar refractivity (Wildman–Crippen MR) is 210 cm³/mol. The van der Waals surface area contributed by atoms with Gasteiger partial charge in [-0.3, -0.25) is 4.98 Å². The average molecular weight is 861 g/mol. The summed E-state index contributed by atoms with van der Waals surface area (Å²) in [7, 11) is -2.83. The average Bonchev–Trinajstić information content (AvgIpc) is 3.12. The first kappa shape index (κ1) is 37.5. The van der Waals surface area contributed by atoms with E-state index in [4.69, 9.17) is 9.97 Å². The van der Waals surface area contributed by atoms with Gasteiger partial charge in [-0.25, -0.2) is 0 Å². The Balaban J connectivity index is 0.000000209. The molecule has 0 aliphatic heterocycles. The van der Waals surface area contributed by atoms with Gasteiger partial charge in [0.15, 0.2) is 0 Å². The van der Waals surface area contributed by atoms with Gasteiger partial charge in [0, 0.05) is 48.2 Å². The molecule has 0 spiro atoms. The Hall–Kier alpha value is -4.72. The summed E-state index contributed by atoms with van der Waals surface area (Å²) >= 11 is 0. The second-order valence-electron chi connectivity index (χ2n) is 12.9. The molecule has 6 aromatic carbocycles. The van der Waals surface area contributed by atoms with Crippen molar-refractivity contribution in [1.29, 1.82) is 0 Å². The molecular weight excluding hydrogens is 820 g/mol. The molecule has 0 aliphatic carbocycles. The number of hydrogen-bond acceptors (Lipinski definition) is 3. The number of aromatic nitrogens is 2. The van der Waals surface area contributed by atoms with Crippen LogP contribution < -0.4 is 15.9 Å². The van der Waals surface area contributed by atoms with Crippen LogP contribution in [0.1, 0.15) is 33.4 Å². The molecule has 1 heterocycles. The fraction of sp³-hybridized carbons (Fsp3) is 0.130. The van der Waals surface area contributed by atoms with Crippen molar-refractivity contribution in [2.75, 3.05) is 0 Å². The molecule has 51 heavy (non-hydrogen) atoms. The third-order valence-electron chi connectivity index (χ3n) is 8.61. The predicted octanol–water partition coefficient (Wildman–Crippen LogP) is 10.3. The number of hydrogen-bond donors (Lipinski definition) is 0. The standard InChI is InChI=1S/C28H27N2.C18H14OP.Ir/c1-17-7-8-22(6)25(15-17)26-16-29-27(23-11-18(2)9-19(3)12-23)28(30-26)24-13-20(4)10-21(5)14-24;19-20(16-10-4-1-5-11-16,17-12-6-2-7-13-17)18-14-8-3-9-15-18;/h7-11,13-16H,1-6H3;1-14H;/q2*-1;. The van der Waals surface area contributed by atoms with Gasteiger partial charge in [-0.15, -0.1) is 34.9 Å². The van der Waals surface area contributed by atoms with Crippen LogP contribution in [0, 0.1) is 53.7 Å². The van der Waals surface area contributed by atoms with Crippen LogP contribution in [0.3, 0.4) is 0 Å². The van der Waals surface area contributed by atoms with E-state index in [0.29, 0.717) is 0 Å². The largest absolute Gasteiger partial charge is 0.311 e. The Morgan fingerprint density at radius 3 is 1.78 bits per heavy atom. The van der Waals surface area contributed by atoms with Crippen molar-refractivity contribution in [3.05, 3.63) is 185 Å². The van der Waals surface area contributed by atoms with Gasteiger partial charge in [-0.05, 0) is 44.9 Å². The maximum Gasteiger partial charge on any atom is 0.147 e. The summed E-state index contributed by atoms with van der Waals surface area (Å²) in [6.07, 6.45) is 1.90. The van der Waals surface area contributed by atoms with E-state index in [2.05, 4.69) is 102 Å². The van der Waals surface area contributed by atoms with E-state index in [9.17, 15) is 4.57 Å². The van der Waals surface area contributed by atoms with E-state index in [1.807, 2.05) is 91.1 Å². The molecule has 0 aliphatic rings. The zero-order valence-corrected chi connectivity index (χ0v) is 33.2.